The van der Waals surface area contributed by atoms with Crippen molar-refractivity contribution in [3.63, 3.8) is 0 Å². The summed E-state index contributed by atoms with van der Waals surface area (Å²) in [6, 6.07) is 5.79. The van der Waals surface area contributed by atoms with Crippen molar-refractivity contribution >= 4 is 17.3 Å². The number of nitrogens with two attached hydrogens (primary N) is 1. The molecule has 0 amide bonds. The minimum Gasteiger partial charge on any atom is -0.388 e. The monoisotopic (exact) mass is 184 g/mol. The van der Waals surface area contributed by atoms with Crippen LogP contribution in [-0.2, 0) is 6.42 Å². The molecule has 0 bridgehead atoms. The number of anilines is 1. The lowest BCUT2D eigenvalue weighted by Crippen LogP contribution is -2.05. The van der Waals surface area contributed by atoms with E-state index in [4.69, 9.17) is 17.3 Å². The third kappa shape index (κ3) is 2.13. The Bertz CT molecular complexity index is 261. The van der Waals surface area contributed by atoms with Crippen LogP contribution in [0.2, 0.25) is 5.02 Å². The van der Waals surface area contributed by atoms with E-state index in [1.54, 1.807) is 0 Å². The molecule has 3 heteroatoms. The van der Waals surface area contributed by atoms with Crippen molar-refractivity contribution in [2.24, 2.45) is 5.73 Å². The van der Waals surface area contributed by atoms with Gasteiger partial charge in [0.15, 0.2) is 0 Å². The molecule has 0 heterocycles. The average molecular weight is 185 g/mol. The van der Waals surface area contributed by atoms with E-state index in [-0.39, 0.29) is 0 Å². The van der Waals surface area contributed by atoms with Crippen LogP contribution in [0.5, 0.6) is 0 Å². The zero-order valence-corrected chi connectivity index (χ0v) is 7.86. The fourth-order valence-electron chi connectivity index (χ4n) is 1.15. The summed E-state index contributed by atoms with van der Waals surface area (Å²) in [6.07, 6.45) is 0.882. The molecule has 0 saturated carbocycles. The molecule has 0 radical (unpaired) electrons. The molecule has 1 aromatic rings. The molecule has 3 N–H and O–H groups in total. The Morgan fingerprint density at radius 2 is 2.25 bits per heavy atom. The van der Waals surface area contributed by atoms with Gasteiger partial charge in [-0.3, -0.25) is 0 Å². The number of hydrogen-bond acceptors (Lipinski definition) is 2. The molecule has 0 spiro atoms. The molecule has 0 atom stereocenters. The number of nitrogens with one attached hydrogen (secondary N) is 1. The van der Waals surface area contributed by atoms with E-state index in [0.29, 0.717) is 6.54 Å². The van der Waals surface area contributed by atoms with E-state index < -0.39 is 0 Å². The minimum absolute atomic E-state index is 0.663. The van der Waals surface area contributed by atoms with Gasteiger partial charge in [0.1, 0.15) is 0 Å². The molecule has 0 aliphatic heterocycles. The number of rotatable bonds is 3. The van der Waals surface area contributed by atoms with Crippen LogP contribution >= 0.6 is 11.6 Å². The molecule has 0 aliphatic carbocycles. The molecule has 1 rings (SSSR count). The first-order valence-corrected chi connectivity index (χ1v) is 4.32. The topological polar surface area (TPSA) is 38.0 Å². The summed E-state index contributed by atoms with van der Waals surface area (Å²) >= 11 is 5.82. The Morgan fingerprint density at radius 1 is 1.50 bits per heavy atom. The Kier molecular flexibility index (Phi) is 3.38. The van der Waals surface area contributed by atoms with E-state index in [2.05, 4.69) is 5.32 Å². The standard InChI is InChI=1S/C9H13ClN2/c1-12-9-6-8(10)3-2-7(9)4-5-11/h2-3,6,12H,4-5,11H2,1H3. The first kappa shape index (κ1) is 9.36. The van der Waals surface area contributed by atoms with Gasteiger partial charge >= 0.3 is 0 Å². The normalized spacial score (nSPS) is 9.92. The van der Waals surface area contributed by atoms with Crippen LogP contribution in [0, 0.1) is 0 Å². The van der Waals surface area contributed by atoms with Gasteiger partial charge in [0.25, 0.3) is 0 Å². The van der Waals surface area contributed by atoms with Gasteiger partial charge in [0, 0.05) is 17.8 Å². The first-order chi connectivity index (χ1) is 5.77. The van der Waals surface area contributed by atoms with Gasteiger partial charge < -0.3 is 11.1 Å². The summed E-state index contributed by atoms with van der Waals surface area (Å²) in [7, 11) is 1.88. The van der Waals surface area contributed by atoms with Gasteiger partial charge in [-0.15, -0.1) is 0 Å². The van der Waals surface area contributed by atoms with Gasteiger partial charge in [-0.05, 0) is 30.7 Å². The molecule has 66 valence electrons. The van der Waals surface area contributed by atoms with Gasteiger partial charge in [-0.2, -0.15) is 0 Å². The number of halogens is 1. The maximum atomic E-state index is 5.82. The van der Waals surface area contributed by atoms with E-state index in [1.807, 2.05) is 25.2 Å². The van der Waals surface area contributed by atoms with Gasteiger partial charge in [-0.25, -0.2) is 0 Å². The summed E-state index contributed by atoms with van der Waals surface area (Å²) in [4.78, 5) is 0. The highest BCUT2D eigenvalue weighted by Gasteiger charge is 1.99. The van der Waals surface area contributed by atoms with Crippen molar-refractivity contribution in [3.05, 3.63) is 28.8 Å². The van der Waals surface area contributed by atoms with E-state index in [0.717, 1.165) is 17.1 Å². The third-order valence-corrected chi connectivity index (χ3v) is 1.99. The quantitative estimate of drug-likeness (QED) is 0.753. The fourth-order valence-corrected chi connectivity index (χ4v) is 1.33. The Balaban J connectivity index is 2.94. The highest BCUT2D eigenvalue weighted by Crippen LogP contribution is 2.20. The fraction of sp³-hybridized carbons (Fsp3) is 0.333. The molecule has 12 heavy (non-hydrogen) atoms. The predicted molar refractivity (Wildman–Crippen MR) is 53.8 cm³/mol. The average Bonchev–Trinajstić information content (AvgIpc) is 2.08. The molecule has 1 aromatic carbocycles. The predicted octanol–water partition coefficient (Wildman–Crippen LogP) is 1.88. The van der Waals surface area contributed by atoms with Crippen molar-refractivity contribution in [2.45, 2.75) is 6.42 Å². The Morgan fingerprint density at radius 3 is 2.83 bits per heavy atom. The summed E-state index contributed by atoms with van der Waals surface area (Å²) in [6.45, 7) is 0.663. The van der Waals surface area contributed by atoms with Crippen molar-refractivity contribution < 1.29 is 0 Å². The van der Waals surface area contributed by atoms with E-state index >= 15 is 0 Å². The van der Waals surface area contributed by atoms with Crippen LogP contribution in [-0.4, -0.2) is 13.6 Å². The van der Waals surface area contributed by atoms with Gasteiger partial charge in [0.05, 0.1) is 0 Å². The SMILES string of the molecule is CNc1cc(Cl)ccc1CCN. The second-order valence-corrected chi connectivity index (χ2v) is 3.03. The minimum atomic E-state index is 0.663. The van der Waals surface area contributed by atoms with Crippen LogP contribution in [0.3, 0.4) is 0 Å². The second kappa shape index (κ2) is 4.33. The third-order valence-electron chi connectivity index (χ3n) is 1.75. The largest absolute Gasteiger partial charge is 0.388 e. The molecule has 2 nitrogen and oxygen atoms in total. The highest BCUT2D eigenvalue weighted by atomic mass is 35.5. The van der Waals surface area contributed by atoms with Crippen molar-refractivity contribution in [1.29, 1.82) is 0 Å². The zero-order valence-electron chi connectivity index (χ0n) is 7.10. The molecule has 0 fully saturated rings. The Hall–Kier alpha value is -0.730. The van der Waals surface area contributed by atoms with E-state index in [9.17, 15) is 0 Å². The van der Waals surface area contributed by atoms with Crippen LogP contribution in [0.1, 0.15) is 5.56 Å². The second-order valence-electron chi connectivity index (χ2n) is 2.59. The first-order valence-electron chi connectivity index (χ1n) is 3.94. The molecule has 0 unspecified atom stereocenters. The van der Waals surface area contributed by atoms with Crippen LogP contribution in [0.4, 0.5) is 5.69 Å². The van der Waals surface area contributed by atoms with Gasteiger partial charge in [-0.1, -0.05) is 17.7 Å². The molecular formula is C9H13ClN2. The lowest BCUT2D eigenvalue weighted by atomic mass is 10.1. The maximum Gasteiger partial charge on any atom is 0.0426 e. The summed E-state index contributed by atoms with van der Waals surface area (Å²) < 4.78 is 0. The van der Waals surface area contributed by atoms with Gasteiger partial charge in [0.2, 0.25) is 0 Å². The molecule has 0 aromatic heterocycles. The van der Waals surface area contributed by atoms with Crippen LogP contribution in [0.15, 0.2) is 18.2 Å². The smallest absolute Gasteiger partial charge is 0.0426 e. The van der Waals surface area contributed by atoms with Crippen LogP contribution < -0.4 is 11.1 Å². The van der Waals surface area contributed by atoms with Crippen molar-refractivity contribution in [1.82, 2.24) is 0 Å². The number of hydrogen-bond donors (Lipinski definition) is 2. The zero-order chi connectivity index (χ0) is 8.97. The highest BCUT2D eigenvalue weighted by molar-refractivity contribution is 6.30. The molecule has 0 saturated heterocycles. The lowest BCUT2D eigenvalue weighted by molar-refractivity contribution is 0.969. The lowest BCUT2D eigenvalue weighted by Gasteiger charge is -2.07. The number of benzene rings is 1. The van der Waals surface area contributed by atoms with E-state index in [1.165, 1.54) is 5.56 Å². The molecule has 0 aliphatic rings. The summed E-state index contributed by atoms with van der Waals surface area (Å²) in [5.41, 5.74) is 7.74. The Labute approximate surface area is 77.7 Å². The summed E-state index contributed by atoms with van der Waals surface area (Å²) in [5.74, 6) is 0. The maximum absolute atomic E-state index is 5.82. The summed E-state index contributed by atoms with van der Waals surface area (Å²) in [5, 5.41) is 3.83. The van der Waals surface area contributed by atoms with Crippen molar-refractivity contribution in [3.8, 4) is 0 Å². The molecular weight excluding hydrogens is 172 g/mol. The van der Waals surface area contributed by atoms with Crippen molar-refractivity contribution in [2.75, 3.05) is 18.9 Å². The van der Waals surface area contributed by atoms with Crippen LogP contribution in [0.25, 0.3) is 0 Å².